The van der Waals surface area contributed by atoms with Gasteiger partial charge in [-0.1, -0.05) is 33.5 Å². The molecule has 24 heavy (non-hydrogen) atoms. The van der Waals surface area contributed by atoms with Gasteiger partial charge >= 0.3 is 6.09 Å². The fraction of sp³-hybridized carbons (Fsp3) is 0.684. The smallest absolute Gasteiger partial charge is 0.418 e. The van der Waals surface area contributed by atoms with E-state index < -0.39 is 13.7 Å². The molecule has 0 N–H and O–H groups in total. The largest absolute Gasteiger partial charge is 0.443 e. The minimum atomic E-state index is -1.36. The Bertz CT molecular complexity index is 672. The Morgan fingerprint density at radius 3 is 2.38 bits per heavy atom. The molecule has 1 aromatic heterocycles. The fourth-order valence-electron chi connectivity index (χ4n) is 3.61. The molecule has 0 amide bonds. The maximum atomic E-state index is 12.7. The Morgan fingerprint density at radius 2 is 1.88 bits per heavy atom. The number of ether oxygens (including phenoxy) is 1. The first-order chi connectivity index (χ1) is 10.7. The Labute approximate surface area is 146 Å². The van der Waals surface area contributed by atoms with E-state index in [-0.39, 0.29) is 17.3 Å². The Kier molecular flexibility index (Phi) is 4.64. The van der Waals surface area contributed by atoms with E-state index in [1.807, 2.05) is 27.0 Å². The van der Waals surface area contributed by atoms with Crippen LogP contribution in [0.4, 0.5) is 4.79 Å². The van der Waals surface area contributed by atoms with Crippen LogP contribution in [0, 0.1) is 0 Å². The first-order valence-corrected chi connectivity index (χ1v) is 12.4. The van der Waals surface area contributed by atoms with Crippen LogP contribution in [-0.4, -0.2) is 30.1 Å². The molecule has 0 aliphatic heterocycles. The van der Waals surface area contributed by atoms with E-state index in [1.54, 1.807) is 4.57 Å². The number of hydrogen-bond donors (Lipinski definition) is 0. The monoisotopic (exact) mass is 349 g/mol. The van der Waals surface area contributed by atoms with E-state index in [4.69, 9.17) is 4.74 Å². The molecule has 0 atom stereocenters. The van der Waals surface area contributed by atoms with Crippen molar-refractivity contribution in [2.75, 3.05) is 0 Å². The van der Waals surface area contributed by atoms with Gasteiger partial charge in [-0.15, -0.1) is 0 Å². The van der Waals surface area contributed by atoms with Gasteiger partial charge in [0.2, 0.25) is 0 Å². The summed E-state index contributed by atoms with van der Waals surface area (Å²) in [5.41, 5.74) is 2.45. The van der Waals surface area contributed by atoms with Gasteiger partial charge in [0.1, 0.15) is 11.4 Å². The molecule has 0 unspecified atom stereocenters. The average molecular weight is 350 g/mol. The molecule has 0 bridgehead atoms. The standard InChI is InChI=1S/C19H31NO3Si/c1-18(2,3)23-17(22)20-11-13(12-24(6,7)8)16-15(20)9-14(21)10-19(16,4)5/h11H,9-10,12H2,1-8H3. The first kappa shape index (κ1) is 19.0. The molecular weight excluding hydrogens is 318 g/mol. The highest BCUT2D eigenvalue weighted by atomic mass is 28.3. The van der Waals surface area contributed by atoms with Crippen molar-refractivity contribution in [2.45, 2.75) is 84.2 Å². The maximum Gasteiger partial charge on any atom is 0.418 e. The molecule has 134 valence electrons. The van der Waals surface area contributed by atoms with Gasteiger partial charge in [-0.05, 0) is 43.4 Å². The van der Waals surface area contributed by atoms with Crippen molar-refractivity contribution in [1.82, 2.24) is 4.57 Å². The summed E-state index contributed by atoms with van der Waals surface area (Å²) in [5.74, 6) is 0.190. The van der Waals surface area contributed by atoms with Gasteiger partial charge in [0, 0.05) is 32.8 Å². The highest BCUT2D eigenvalue weighted by Crippen LogP contribution is 2.40. The van der Waals surface area contributed by atoms with Gasteiger partial charge in [0.05, 0.1) is 0 Å². The lowest BCUT2D eigenvalue weighted by molar-refractivity contribution is -0.120. The van der Waals surface area contributed by atoms with Crippen LogP contribution in [0.15, 0.2) is 6.20 Å². The zero-order chi connectivity index (χ0) is 18.5. The van der Waals surface area contributed by atoms with Crippen LogP contribution in [-0.2, 0) is 27.4 Å². The molecular formula is C19H31NO3Si. The van der Waals surface area contributed by atoms with Crippen LogP contribution >= 0.6 is 0 Å². The second-order valence-corrected chi connectivity index (χ2v) is 15.3. The minimum Gasteiger partial charge on any atom is -0.443 e. The van der Waals surface area contributed by atoms with Gasteiger partial charge in [-0.2, -0.15) is 0 Å². The molecule has 5 heteroatoms. The summed E-state index contributed by atoms with van der Waals surface area (Å²) in [5, 5.41) is 0. The van der Waals surface area contributed by atoms with Crippen molar-refractivity contribution in [3.05, 3.63) is 23.0 Å². The number of carbonyl (C=O) groups is 2. The van der Waals surface area contributed by atoms with E-state index in [9.17, 15) is 9.59 Å². The first-order valence-electron chi connectivity index (χ1n) is 8.68. The summed E-state index contributed by atoms with van der Waals surface area (Å²) >= 11 is 0. The van der Waals surface area contributed by atoms with Crippen LogP contribution < -0.4 is 0 Å². The average Bonchev–Trinajstić information content (AvgIpc) is 2.62. The van der Waals surface area contributed by atoms with Crippen molar-refractivity contribution in [3.8, 4) is 0 Å². The second-order valence-electron chi connectivity index (χ2n) is 9.84. The van der Waals surface area contributed by atoms with Crippen LogP contribution in [0.2, 0.25) is 19.6 Å². The SMILES string of the molecule is CC(C)(C)OC(=O)n1cc(C[Si](C)(C)C)c2c1CC(=O)CC2(C)C. The predicted octanol–water partition coefficient (Wildman–Crippen LogP) is 4.48. The van der Waals surface area contributed by atoms with Crippen LogP contribution in [0.3, 0.4) is 0 Å². The molecule has 1 heterocycles. The molecule has 0 fully saturated rings. The number of Topliss-reactive ketones (excluding diaryl/α,β-unsaturated/α-hetero) is 1. The summed E-state index contributed by atoms with van der Waals surface area (Å²) < 4.78 is 7.15. The highest BCUT2D eigenvalue weighted by molar-refractivity contribution is 6.75. The number of fused-ring (bicyclic) bond motifs is 1. The Balaban J connectivity index is 2.58. The third-order valence-corrected chi connectivity index (χ3v) is 5.62. The summed E-state index contributed by atoms with van der Waals surface area (Å²) in [6.45, 7) is 16.8. The summed E-state index contributed by atoms with van der Waals surface area (Å²) in [6.07, 6.45) is 2.41. The third-order valence-electron chi connectivity index (χ3n) is 4.18. The molecule has 0 radical (unpaired) electrons. The van der Waals surface area contributed by atoms with Gasteiger partial charge in [0.15, 0.2) is 0 Å². The second kappa shape index (κ2) is 5.87. The number of rotatable bonds is 2. The summed E-state index contributed by atoms with van der Waals surface area (Å²) in [7, 11) is -1.36. The van der Waals surface area contributed by atoms with Crippen molar-refractivity contribution in [3.63, 3.8) is 0 Å². The Hall–Kier alpha value is -1.36. The Morgan fingerprint density at radius 1 is 1.29 bits per heavy atom. The quantitative estimate of drug-likeness (QED) is 0.739. The number of nitrogens with zero attached hydrogens (tertiary/aromatic N) is 1. The molecule has 2 rings (SSSR count). The number of ketones is 1. The van der Waals surface area contributed by atoms with Gasteiger partial charge in [-0.3, -0.25) is 9.36 Å². The number of carbonyl (C=O) groups excluding carboxylic acids is 2. The van der Waals surface area contributed by atoms with Crippen LogP contribution in [0.1, 0.15) is 57.9 Å². The molecule has 0 saturated carbocycles. The van der Waals surface area contributed by atoms with Gasteiger partial charge in [0.25, 0.3) is 0 Å². The fourth-order valence-corrected chi connectivity index (χ4v) is 5.02. The molecule has 0 saturated heterocycles. The minimum absolute atomic E-state index is 0.190. The van der Waals surface area contributed by atoms with Crippen molar-refractivity contribution in [2.24, 2.45) is 0 Å². The van der Waals surface area contributed by atoms with Gasteiger partial charge in [-0.25, -0.2) is 4.79 Å². The lowest BCUT2D eigenvalue weighted by Gasteiger charge is -2.32. The zero-order valence-corrected chi connectivity index (χ0v) is 17.4. The molecule has 0 aromatic carbocycles. The third kappa shape index (κ3) is 4.18. The van der Waals surface area contributed by atoms with Crippen LogP contribution in [0.25, 0.3) is 0 Å². The lowest BCUT2D eigenvalue weighted by Crippen LogP contribution is -2.34. The summed E-state index contributed by atoms with van der Waals surface area (Å²) in [4.78, 5) is 24.9. The van der Waals surface area contributed by atoms with E-state index in [0.29, 0.717) is 12.8 Å². The number of hydrogen-bond acceptors (Lipinski definition) is 3. The van der Waals surface area contributed by atoms with Gasteiger partial charge < -0.3 is 4.74 Å². The topological polar surface area (TPSA) is 48.3 Å². The van der Waals surface area contributed by atoms with E-state index in [0.717, 1.165) is 11.7 Å². The van der Waals surface area contributed by atoms with Crippen molar-refractivity contribution < 1.29 is 14.3 Å². The van der Waals surface area contributed by atoms with E-state index >= 15 is 0 Å². The molecule has 1 aliphatic rings. The lowest BCUT2D eigenvalue weighted by atomic mass is 9.73. The maximum absolute atomic E-state index is 12.7. The summed E-state index contributed by atoms with van der Waals surface area (Å²) in [6, 6.07) is 1.00. The van der Waals surface area contributed by atoms with E-state index in [1.165, 1.54) is 11.1 Å². The van der Waals surface area contributed by atoms with Crippen LogP contribution in [0.5, 0.6) is 0 Å². The highest BCUT2D eigenvalue weighted by Gasteiger charge is 2.39. The molecule has 0 spiro atoms. The van der Waals surface area contributed by atoms with E-state index in [2.05, 4.69) is 33.5 Å². The number of aromatic nitrogens is 1. The molecule has 4 nitrogen and oxygen atoms in total. The normalized spacial score (nSPS) is 17.6. The van der Waals surface area contributed by atoms with Crippen molar-refractivity contribution in [1.29, 1.82) is 0 Å². The van der Waals surface area contributed by atoms with Crippen molar-refractivity contribution >= 4 is 20.0 Å². The molecule has 1 aliphatic carbocycles. The molecule has 1 aromatic rings. The zero-order valence-electron chi connectivity index (χ0n) is 16.4. The predicted molar refractivity (Wildman–Crippen MR) is 99.5 cm³/mol.